The Morgan fingerprint density at radius 3 is 2.42 bits per heavy atom. The number of hydrogen-bond donors (Lipinski definition) is 2. The van der Waals surface area contributed by atoms with Crippen LogP contribution in [0.2, 0.25) is 0 Å². The van der Waals surface area contributed by atoms with Crippen molar-refractivity contribution in [2.24, 2.45) is 0 Å². The first-order chi connectivity index (χ1) is 28.2. The van der Waals surface area contributed by atoms with Gasteiger partial charge in [-0.05, 0) is 54.2 Å². The van der Waals surface area contributed by atoms with E-state index in [1.165, 1.54) is 23.0 Å². The van der Waals surface area contributed by atoms with Crippen molar-refractivity contribution >= 4 is 60.6 Å². The molecule has 2 unspecified atom stereocenters. The molecule has 2 bridgehead atoms. The second-order valence-electron chi connectivity index (χ2n) is 13.7. The number of hydrogen-bond acceptors (Lipinski definition) is 17. The second-order valence-corrected chi connectivity index (χ2v) is 19.1. The van der Waals surface area contributed by atoms with Crippen LogP contribution in [0.15, 0.2) is 73.5 Å². The highest BCUT2D eigenvalue weighted by atomic mass is 32.7. The number of imidazole rings is 1. The number of alkyl halides is 2. The molecule has 4 aromatic rings. The average molecular weight is 879 g/mol. The number of ether oxygens (including phenoxy) is 3. The Labute approximate surface area is 337 Å². The van der Waals surface area contributed by atoms with Gasteiger partial charge in [0.2, 0.25) is 5.91 Å². The predicted molar refractivity (Wildman–Crippen MR) is 201 cm³/mol. The van der Waals surface area contributed by atoms with Crippen molar-refractivity contribution in [3.05, 3.63) is 90.2 Å². The van der Waals surface area contributed by atoms with Gasteiger partial charge in [-0.1, -0.05) is 29.8 Å². The van der Waals surface area contributed by atoms with Gasteiger partial charge in [-0.15, -0.1) is 0 Å². The lowest BCUT2D eigenvalue weighted by atomic mass is 10.1. The van der Waals surface area contributed by atoms with E-state index in [0.29, 0.717) is 22.5 Å². The molecule has 2 aromatic heterocycles. The summed E-state index contributed by atoms with van der Waals surface area (Å²) in [6.45, 7) is -4.52. The van der Waals surface area contributed by atoms with Crippen LogP contribution in [0.4, 0.5) is 14.6 Å². The largest absolute Gasteiger partial charge is 0.472 e. The normalized spacial score (nSPS) is 32.6. The number of aryl methyl sites for hydroxylation is 1. The van der Waals surface area contributed by atoms with Gasteiger partial charge >= 0.3 is 20.6 Å². The standard InChI is InChI=1S/C35H34F2N6O13P2S/c1-18-2-6-20(7-3-18)35(46)52-22-8-4-19(5-9-22)15-59-58(49)51-13-23-26(36)30(34(53-23)42-11-10-21(44)12-25(42)45)55-57(47,48)50-14-24-29(56-58)27(37)33(54-24)43-17-41-28-31(38)39-16-40-32(28)43/h2-11,16-17,23-24,26-27,29-30,33-34H,12-15H2,1H3,(H,47,48)(H2,38,39,40)/t23-,24-,26-,27-,29-,30-,33-,34?,58+/m1/s1. The molecule has 10 atom stereocenters. The molecule has 0 spiro atoms. The minimum atomic E-state index is -5.28. The number of benzene rings is 2. The number of esters is 1. The second kappa shape index (κ2) is 16.5. The zero-order valence-electron chi connectivity index (χ0n) is 30.6. The third kappa shape index (κ3) is 8.74. The van der Waals surface area contributed by atoms with Crippen LogP contribution in [0.25, 0.3) is 11.2 Å². The molecule has 0 saturated carbocycles. The molecule has 8 rings (SSSR count). The highest BCUT2D eigenvalue weighted by Crippen LogP contribution is 2.64. The molecule has 4 aliphatic heterocycles. The summed E-state index contributed by atoms with van der Waals surface area (Å²) < 4.78 is 101. The molecule has 0 radical (unpaired) electrons. The van der Waals surface area contributed by atoms with Crippen LogP contribution >= 0.6 is 26.0 Å². The van der Waals surface area contributed by atoms with Crippen LogP contribution in [0.3, 0.4) is 0 Å². The molecule has 24 heteroatoms. The molecule has 59 heavy (non-hydrogen) atoms. The fourth-order valence-electron chi connectivity index (χ4n) is 6.60. The number of carbonyl (C=O) groups excluding carboxylic acids is 3. The number of nitrogens with zero attached hydrogens (tertiary/aromatic N) is 5. The highest BCUT2D eigenvalue weighted by Gasteiger charge is 2.56. The number of aromatic nitrogens is 4. The molecule has 3 fully saturated rings. The van der Waals surface area contributed by atoms with Crippen LogP contribution in [-0.4, -0.2) is 103 Å². The van der Waals surface area contributed by atoms with Crippen LogP contribution in [0.5, 0.6) is 5.75 Å². The van der Waals surface area contributed by atoms with Crippen molar-refractivity contribution < 1.29 is 69.5 Å². The van der Waals surface area contributed by atoms with E-state index in [1.54, 1.807) is 36.4 Å². The molecule has 0 aliphatic carbocycles. The van der Waals surface area contributed by atoms with Crippen molar-refractivity contribution in [1.29, 1.82) is 0 Å². The fourth-order valence-corrected chi connectivity index (χ4v) is 10.9. The first kappa shape index (κ1) is 41.3. The third-order valence-electron chi connectivity index (χ3n) is 9.62. The molecule has 3 saturated heterocycles. The van der Waals surface area contributed by atoms with E-state index >= 15 is 8.78 Å². The quantitative estimate of drug-likeness (QED) is 0.112. The lowest BCUT2D eigenvalue weighted by Crippen LogP contribution is -2.46. The number of rotatable bonds is 7. The summed E-state index contributed by atoms with van der Waals surface area (Å²) in [7, 11) is -5.28. The smallest absolute Gasteiger partial charge is 0.423 e. The van der Waals surface area contributed by atoms with Crippen LogP contribution in [0.1, 0.15) is 34.1 Å². The van der Waals surface area contributed by atoms with E-state index in [0.717, 1.165) is 29.1 Å². The van der Waals surface area contributed by atoms with Gasteiger partial charge < -0.3 is 24.8 Å². The number of allylic oxidation sites excluding steroid dienone is 1. The van der Waals surface area contributed by atoms with Gasteiger partial charge in [0, 0.05) is 12.0 Å². The Bertz CT molecular complexity index is 2390. The monoisotopic (exact) mass is 878 g/mol. The number of halogens is 2. The summed E-state index contributed by atoms with van der Waals surface area (Å²) >= 11 is 0.595. The van der Waals surface area contributed by atoms with Crippen molar-refractivity contribution in [1.82, 2.24) is 24.4 Å². The van der Waals surface area contributed by atoms with E-state index in [4.69, 9.17) is 38.0 Å². The number of ketones is 1. The van der Waals surface area contributed by atoms with Crippen molar-refractivity contribution in [3.63, 3.8) is 0 Å². The maximum Gasteiger partial charge on any atom is 0.472 e. The summed E-state index contributed by atoms with van der Waals surface area (Å²) in [6, 6.07) is 13.0. The van der Waals surface area contributed by atoms with Gasteiger partial charge in [0.25, 0.3) is 0 Å². The summed E-state index contributed by atoms with van der Waals surface area (Å²) in [4.78, 5) is 61.1. The Morgan fingerprint density at radius 1 is 0.949 bits per heavy atom. The van der Waals surface area contributed by atoms with Crippen molar-refractivity contribution in [2.75, 3.05) is 18.9 Å². The number of nitrogen functional groups attached to an aromatic ring is 1. The van der Waals surface area contributed by atoms with Gasteiger partial charge in [-0.2, -0.15) is 0 Å². The summed E-state index contributed by atoms with van der Waals surface area (Å²) in [5, 5.41) is 0. The summed E-state index contributed by atoms with van der Waals surface area (Å²) in [6.07, 6.45) is -11.1. The van der Waals surface area contributed by atoms with E-state index in [9.17, 15) is 28.4 Å². The molecular formula is C35H34F2N6O13P2S. The molecule has 3 N–H and O–H groups in total. The summed E-state index contributed by atoms with van der Waals surface area (Å²) in [5.74, 6) is -1.84. The lowest BCUT2D eigenvalue weighted by Gasteiger charge is -2.31. The Morgan fingerprint density at radius 2 is 1.68 bits per heavy atom. The van der Waals surface area contributed by atoms with Crippen molar-refractivity contribution in [3.8, 4) is 5.75 Å². The third-order valence-corrected chi connectivity index (χ3v) is 14.3. The predicted octanol–water partition coefficient (Wildman–Crippen LogP) is 4.51. The minimum Gasteiger partial charge on any atom is -0.423 e. The Kier molecular flexibility index (Phi) is 11.6. The maximum absolute atomic E-state index is 16.7. The van der Waals surface area contributed by atoms with E-state index in [-0.39, 0.29) is 28.5 Å². The average Bonchev–Trinajstić information content (AvgIpc) is 3.86. The van der Waals surface area contributed by atoms with E-state index in [1.807, 2.05) is 6.92 Å². The Balaban J connectivity index is 1.07. The van der Waals surface area contributed by atoms with E-state index in [2.05, 4.69) is 15.0 Å². The fraction of sp³-hybridized carbons (Fsp3) is 0.371. The Hall–Kier alpha value is -4.47. The van der Waals surface area contributed by atoms with Gasteiger partial charge in [-0.3, -0.25) is 37.2 Å². The molecule has 2 aromatic carbocycles. The summed E-state index contributed by atoms with van der Waals surface area (Å²) in [5.41, 5.74) is 7.93. The number of amides is 1. The number of anilines is 1. The van der Waals surface area contributed by atoms with Gasteiger partial charge in [0.05, 0.1) is 31.5 Å². The molecule has 6 heterocycles. The highest BCUT2D eigenvalue weighted by molar-refractivity contribution is 8.54. The SMILES string of the molecule is Cc1ccc(C(=O)Oc2ccc(CS[P@@]3(=O)OC[C@H]4OC(N5C=CC(=O)CC5=O)[C@H](OP(=O)(O)OC[C@H]5O[C@@H](n6cnc7c(N)ncnc76)[C@H](F)[C@@H]5O3)[C@@H]4F)cc2)cc1. The molecule has 19 nitrogen and oxygen atoms in total. The van der Waals surface area contributed by atoms with Gasteiger partial charge in [0.15, 0.2) is 42.0 Å². The number of fused-ring (bicyclic) bond motifs is 4. The molecular weight excluding hydrogens is 844 g/mol. The molecule has 1 amide bonds. The first-order valence-corrected chi connectivity index (χ1v) is 22.5. The zero-order chi connectivity index (χ0) is 41.6. The number of phosphoric acid groups is 1. The number of phosphoric ester groups is 1. The topological polar surface area (TPSA) is 243 Å². The number of carbonyl (C=O) groups is 3. The van der Waals surface area contributed by atoms with Gasteiger partial charge in [0.1, 0.15) is 42.0 Å². The van der Waals surface area contributed by atoms with Crippen molar-refractivity contribution in [2.45, 2.75) is 68.3 Å². The zero-order valence-corrected chi connectivity index (χ0v) is 33.2. The molecule has 312 valence electrons. The van der Waals surface area contributed by atoms with E-state index < -0.39 is 101 Å². The lowest BCUT2D eigenvalue weighted by molar-refractivity contribution is -0.148. The minimum absolute atomic E-state index is 0.0101. The first-order valence-electron chi connectivity index (χ1n) is 17.8. The van der Waals surface area contributed by atoms with Gasteiger partial charge in [-0.25, -0.2) is 37.7 Å². The maximum atomic E-state index is 16.7. The van der Waals surface area contributed by atoms with Crippen LogP contribution in [-0.2, 0) is 52.0 Å². The van der Waals surface area contributed by atoms with Crippen LogP contribution in [0, 0.1) is 6.92 Å². The number of nitrogens with two attached hydrogens (primary N) is 1. The van der Waals surface area contributed by atoms with Crippen LogP contribution < -0.4 is 10.5 Å². The molecule has 4 aliphatic rings.